The van der Waals surface area contributed by atoms with Gasteiger partial charge in [0, 0.05) is 17.8 Å². The lowest BCUT2D eigenvalue weighted by Crippen LogP contribution is -2.24. The third kappa shape index (κ3) is 2.71. The van der Waals surface area contributed by atoms with Gasteiger partial charge in [0.2, 0.25) is 0 Å². The van der Waals surface area contributed by atoms with Crippen molar-refractivity contribution < 1.29 is 0 Å². The number of aromatic nitrogens is 2. The van der Waals surface area contributed by atoms with Gasteiger partial charge in [0.1, 0.15) is 11.6 Å². The fraction of sp³-hybridized carbons (Fsp3) is 0.692. The van der Waals surface area contributed by atoms with Crippen LogP contribution in [0.1, 0.15) is 44.1 Å². The fourth-order valence-electron chi connectivity index (χ4n) is 2.60. The largest absolute Gasteiger partial charge is 0.367 e. The minimum absolute atomic E-state index is 0.524. The Hall–Kier alpha value is -1.12. The molecule has 0 radical (unpaired) electrons. The van der Waals surface area contributed by atoms with Gasteiger partial charge in [-0.2, -0.15) is 0 Å². The van der Waals surface area contributed by atoms with Crippen LogP contribution in [0, 0.1) is 19.8 Å². The molecule has 0 spiro atoms. The molecule has 0 aromatic carbocycles. The lowest BCUT2D eigenvalue weighted by atomic mass is 10.00. The average Bonchev–Trinajstić information content (AvgIpc) is 2.68. The van der Waals surface area contributed by atoms with Crippen LogP contribution < -0.4 is 5.32 Å². The molecule has 1 heterocycles. The van der Waals surface area contributed by atoms with Gasteiger partial charge >= 0.3 is 0 Å². The minimum atomic E-state index is 0.524. The van der Waals surface area contributed by atoms with Crippen molar-refractivity contribution in [1.82, 2.24) is 9.97 Å². The van der Waals surface area contributed by atoms with Crippen LogP contribution in [0.3, 0.4) is 0 Å². The molecule has 3 heteroatoms. The molecule has 3 nitrogen and oxygen atoms in total. The second-order valence-electron chi connectivity index (χ2n) is 4.92. The van der Waals surface area contributed by atoms with E-state index in [1.807, 2.05) is 19.9 Å². The summed E-state index contributed by atoms with van der Waals surface area (Å²) in [6, 6.07) is 2.55. The number of anilines is 1. The molecule has 1 N–H and O–H groups in total. The standard InChI is InChI=1S/C13H21N3/c1-9-8-13(16-11(3)14-9)15-10(2)12-6-4-5-7-12/h8,10,12H,4-7H2,1-3H3,(H,14,15,16). The van der Waals surface area contributed by atoms with Crippen molar-refractivity contribution in [3.63, 3.8) is 0 Å². The van der Waals surface area contributed by atoms with E-state index in [4.69, 9.17) is 0 Å². The highest BCUT2D eigenvalue weighted by Crippen LogP contribution is 2.28. The predicted octanol–water partition coefficient (Wildman–Crippen LogP) is 3.08. The first kappa shape index (κ1) is 11.4. The van der Waals surface area contributed by atoms with Crippen LogP contribution in [0.15, 0.2) is 6.07 Å². The zero-order valence-corrected chi connectivity index (χ0v) is 10.5. The lowest BCUT2D eigenvalue weighted by molar-refractivity contribution is 0.481. The van der Waals surface area contributed by atoms with Gasteiger partial charge in [-0.25, -0.2) is 9.97 Å². The van der Waals surface area contributed by atoms with E-state index in [0.717, 1.165) is 23.3 Å². The van der Waals surface area contributed by atoms with Crippen molar-refractivity contribution >= 4 is 5.82 Å². The molecular weight excluding hydrogens is 198 g/mol. The fourth-order valence-corrected chi connectivity index (χ4v) is 2.60. The third-order valence-electron chi connectivity index (χ3n) is 3.45. The number of nitrogens with one attached hydrogen (secondary N) is 1. The Morgan fingerprint density at radius 1 is 1.25 bits per heavy atom. The Labute approximate surface area is 97.7 Å². The second kappa shape index (κ2) is 4.81. The zero-order chi connectivity index (χ0) is 11.5. The summed E-state index contributed by atoms with van der Waals surface area (Å²) in [5, 5.41) is 3.51. The molecule has 16 heavy (non-hydrogen) atoms. The van der Waals surface area contributed by atoms with Crippen molar-refractivity contribution in [2.75, 3.05) is 5.32 Å². The summed E-state index contributed by atoms with van der Waals surface area (Å²) in [7, 11) is 0. The van der Waals surface area contributed by atoms with Crippen LogP contribution in [-0.4, -0.2) is 16.0 Å². The molecule has 1 aliphatic rings. The first-order valence-corrected chi connectivity index (χ1v) is 6.24. The van der Waals surface area contributed by atoms with Crippen LogP contribution in [0.25, 0.3) is 0 Å². The molecule has 1 atom stereocenters. The molecule has 2 rings (SSSR count). The van der Waals surface area contributed by atoms with Gasteiger partial charge in [0.05, 0.1) is 0 Å². The van der Waals surface area contributed by atoms with E-state index in [0.29, 0.717) is 6.04 Å². The van der Waals surface area contributed by atoms with Crippen molar-refractivity contribution in [2.45, 2.75) is 52.5 Å². The first-order chi connectivity index (χ1) is 7.65. The van der Waals surface area contributed by atoms with Gasteiger partial charge in [0.15, 0.2) is 0 Å². The van der Waals surface area contributed by atoms with Gasteiger partial charge in [-0.3, -0.25) is 0 Å². The molecule has 1 saturated carbocycles. The van der Waals surface area contributed by atoms with E-state index < -0.39 is 0 Å². The number of hydrogen-bond acceptors (Lipinski definition) is 3. The SMILES string of the molecule is Cc1cc(NC(C)C2CCCC2)nc(C)n1. The molecule has 0 bridgehead atoms. The molecule has 0 saturated heterocycles. The van der Waals surface area contributed by atoms with Crippen LogP contribution in [-0.2, 0) is 0 Å². The molecule has 0 amide bonds. The van der Waals surface area contributed by atoms with Crippen molar-refractivity contribution in [3.05, 3.63) is 17.6 Å². The highest BCUT2D eigenvalue weighted by molar-refractivity contribution is 5.36. The Kier molecular flexibility index (Phi) is 3.42. The number of hydrogen-bond donors (Lipinski definition) is 1. The highest BCUT2D eigenvalue weighted by atomic mass is 15.0. The molecular formula is C13H21N3. The van der Waals surface area contributed by atoms with Gasteiger partial charge in [0.25, 0.3) is 0 Å². The summed E-state index contributed by atoms with van der Waals surface area (Å²) in [6.45, 7) is 6.22. The van der Waals surface area contributed by atoms with Crippen LogP contribution in [0.4, 0.5) is 5.82 Å². The maximum atomic E-state index is 4.42. The maximum absolute atomic E-state index is 4.42. The van der Waals surface area contributed by atoms with Gasteiger partial charge < -0.3 is 5.32 Å². The Bertz CT molecular complexity index is 336. The van der Waals surface area contributed by atoms with E-state index in [1.165, 1.54) is 25.7 Å². The zero-order valence-electron chi connectivity index (χ0n) is 10.5. The number of nitrogens with zero attached hydrogens (tertiary/aromatic N) is 2. The van der Waals surface area contributed by atoms with Crippen molar-refractivity contribution in [2.24, 2.45) is 5.92 Å². The molecule has 88 valence electrons. The molecule has 1 unspecified atom stereocenters. The summed E-state index contributed by atoms with van der Waals surface area (Å²) < 4.78 is 0. The third-order valence-corrected chi connectivity index (χ3v) is 3.45. The highest BCUT2D eigenvalue weighted by Gasteiger charge is 2.21. The molecule has 1 fully saturated rings. The van der Waals surface area contributed by atoms with Gasteiger partial charge in [-0.1, -0.05) is 12.8 Å². The first-order valence-electron chi connectivity index (χ1n) is 6.24. The number of rotatable bonds is 3. The quantitative estimate of drug-likeness (QED) is 0.849. The minimum Gasteiger partial charge on any atom is -0.367 e. The second-order valence-corrected chi connectivity index (χ2v) is 4.92. The van der Waals surface area contributed by atoms with E-state index in [9.17, 15) is 0 Å². The van der Waals surface area contributed by atoms with E-state index in [-0.39, 0.29) is 0 Å². The Morgan fingerprint density at radius 2 is 1.94 bits per heavy atom. The predicted molar refractivity (Wildman–Crippen MR) is 66.5 cm³/mol. The lowest BCUT2D eigenvalue weighted by Gasteiger charge is -2.21. The van der Waals surface area contributed by atoms with E-state index in [1.54, 1.807) is 0 Å². The molecule has 1 aromatic heterocycles. The normalized spacial score (nSPS) is 18.7. The van der Waals surface area contributed by atoms with E-state index >= 15 is 0 Å². The van der Waals surface area contributed by atoms with Crippen LogP contribution in [0.2, 0.25) is 0 Å². The maximum Gasteiger partial charge on any atom is 0.130 e. The van der Waals surface area contributed by atoms with Gasteiger partial charge in [-0.15, -0.1) is 0 Å². The van der Waals surface area contributed by atoms with Crippen LogP contribution >= 0.6 is 0 Å². The summed E-state index contributed by atoms with van der Waals surface area (Å²) in [5.41, 5.74) is 1.04. The average molecular weight is 219 g/mol. The summed E-state index contributed by atoms with van der Waals surface area (Å²) in [4.78, 5) is 8.71. The van der Waals surface area contributed by atoms with E-state index in [2.05, 4.69) is 22.2 Å². The Morgan fingerprint density at radius 3 is 2.56 bits per heavy atom. The summed E-state index contributed by atoms with van der Waals surface area (Å²) in [6.07, 6.45) is 5.49. The molecule has 1 aromatic rings. The smallest absolute Gasteiger partial charge is 0.130 e. The summed E-state index contributed by atoms with van der Waals surface area (Å²) >= 11 is 0. The van der Waals surface area contributed by atoms with Crippen LogP contribution in [0.5, 0.6) is 0 Å². The Balaban J connectivity index is 2.02. The van der Waals surface area contributed by atoms with Crippen molar-refractivity contribution in [3.8, 4) is 0 Å². The molecule has 0 aliphatic heterocycles. The summed E-state index contributed by atoms with van der Waals surface area (Å²) in [5.74, 6) is 2.64. The monoisotopic (exact) mass is 219 g/mol. The van der Waals surface area contributed by atoms with Gasteiger partial charge in [-0.05, 0) is 39.5 Å². The molecule has 1 aliphatic carbocycles. The topological polar surface area (TPSA) is 37.8 Å². The van der Waals surface area contributed by atoms with Crippen molar-refractivity contribution in [1.29, 1.82) is 0 Å². The number of aryl methyl sites for hydroxylation is 2.